The van der Waals surface area contributed by atoms with E-state index in [-0.39, 0.29) is 42.2 Å². The lowest BCUT2D eigenvalue weighted by Gasteiger charge is -2.26. The second kappa shape index (κ2) is 16.2. The van der Waals surface area contributed by atoms with Gasteiger partial charge in [0, 0.05) is 24.5 Å². The van der Waals surface area contributed by atoms with Crippen LogP contribution in [0, 0.1) is 45.3 Å². The minimum Gasteiger partial charge on any atom is -0.465 e. The molecule has 218 valence electrons. The molecule has 0 aliphatic rings. The molecule has 2 aromatic rings. The predicted octanol–water partition coefficient (Wildman–Crippen LogP) is 4.43. The first-order valence-electron chi connectivity index (χ1n) is 13.0. The monoisotopic (exact) mass is 580 g/mol. The van der Waals surface area contributed by atoms with Crippen molar-refractivity contribution in [2.45, 2.75) is 20.8 Å². The highest BCUT2D eigenvalue weighted by Gasteiger charge is 2.20. The van der Waals surface area contributed by atoms with Crippen LogP contribution in [0.5, 0.6) is 0 Å². The molecule has 0 saturated heterocycles. The van der Waals surface area contributed by atoms with E-state index in [1.54, 1.807) is 55.2 Å². The SMILES string of the molecule is CCOC(=O)C(C#N)=Cc1ccc(N(CC)C(=O)OCN(CC)c2ccc(C=C(C#N)C(=O)OC)c(C#N)c2)cc1C#N. The van der Waals surface area contributed by atoms with Crippen LogP contribution < -0.4 is 9.80 Å². The van der Waals surface area contributed by atoms with Crippen LogP contribution >= 0.6 is 0 Å². The zero-order valence-corrected chi connectivity index (χ0v) is 24.1. The number of methoxy groups -OCH3 is 1. The van der Waals surface area contributed by atoms with Crippen molar-refractivity contribution < 1.29 is 28.6 Å². The number of hydrogen-bond donors (Lipinski definition) is 0. The number of amides is 1. The van der Waals surface area contributed by atoms with Crippen molar-refractivity contribution in [3.63, 3.8) is 0 Å². The smallest absolute Gasteiger partial charge is 0.416 e. The van der Waals surface area contributed by atoms with Gasteiger partial charge in [0.25, 0.3) is 0 Å². The van der Waals surface area contributed by atoms with Gasteiger partial charge >= 0.3 is 18.0 Å². The summed E-state index contributed by atoms with van der Waals surface area (Å²) in [5, 5.41) is 37.8. The van der Waals surface area contributed by atoms with E-state index in [2.05, 4.69) is 4.74 Å². The molecule has 2 aromatic carbocycles. The topological polar surface area (TPSA) is 181 Å². The van der Waals surface area contributed by atoms with Crippen LogP contribution in [-0.2, 0) is 23.8 Å². The van der Waals surface area contributed by atoms with E-state index in [0.29, 0.717) is 29.0 Å². The quantitative estimate of drug-likeness (QED) is 0.121. The Hall–Kier alpha value is -6.11. The summed E-state index contributed by atoms with van der Waals surface area (Å²) in [7, 11) is 1.15. The van der Waals surface area contributed by atoms with Crippen molar-refractivity contribution in [2.75, 3.05) is 43.3 Å². The van der Waals surface area contributed by atoms with Crippen molar-refractivity contribution in [2.24, 2.45) is 0 Å². The van der Waals surface area contributed by atoms with Crippen LogP contribution in [0.3, 0.4) is 0 Å². The van der Waals surface area contributed by atoms with Crippen molar-refractivity contribution in [1.82, 2.24) is 0 Å². The lowest BCUT2D eigenvalue weighted by Crippen LogP contribution is -2.35. The Bertz CT molecular complexity index is 1620. The van der Waals surface area contributed by atoms with Gasteiger partial charge in [-0.15, -0.1) is 0 Å². The highest BCUT2D eigenvalue weighted by atomic mass is 16.6. The first-order chi connectivity index (χ1) is 20.7. The Labute approximate surface area is 249 Å². The van der Waals surface area contributed by atoms with E-state index in [4.69, 9.17) is 9.47 Å². The molecule has 0 unspecified atom stereocenters. The fourth-order valence-electron chi connectivity index (χ4n) is 3.78. The van der Waals surface area contributed by atoms with E-state index in [1.165, 1.54) is 29.2 Å². The van der Waals surface area contributed by atoms with Crippen LogP contribution in [0.1, 0.15) is 43.0 Å². The summed E-state index contributed by atoms with van der Waals surface area (Å²) in [5.74, 6) is -1.63. The highest BCUT2D eigenvalue weighted by molar-refractivity contribution is 5.99. The molecular weight excluding hydrogens is 552 g/mol. The lowest BCUT2D eigenvalue weighted by molar-refractivity contribution is -0.138. The summed E-state index contributed by atoms with van der Waals surface area (Å²) in [6.07, 6.45) is 1.81. The maximum atomic E-state index is 13.1. The van der Waals surface area contributed by atoms with Gasteiger partial charge in [-0.05, 0) is 68.3 Å². The average molecular weight is 581 g/mol. The third kappa shape index (κ3) is 8.44. The molecule has 0 aliphatic heterocycles. The van der Waals surface area contributed by atoms with Gasteiger partial charge in [0.1, 0.15) is 23.3 Å². The number of rotatable bonds is 11. The van der Waals surface area contributed by atoms with Crippen molar-refractivity contribution in [3.05, 3.63) is 69.8 Å². The molecule has 0 fully saturated rings. The van der Waals surface area contributed by atoms with E-state index in [0.717, 1.165) is 7.11 Å². The lowest BCUT2D eigenvalue weighted by atomic mass is 10.0. The van der Waals surface area contributed by atoms with Gasteiger partial charge in [-0.25, -0.2) is 14.4 Å². The summed E-state index contributed by atoms with van der Waals surface area (Å²) < 4.78 is 15.0. The van der Waals surface area contributed by atoms with E-state index < -0.39 is 18.0 Å². The fraction of sp³-hybridized carbons (Fsp3) is 0.258. The minimum atomic E-state index is -0.824. The Balaban J connectivity index is 2.28. The molecule has 0 N–H and O–H groups in total. The largest absolute Gasteiger partial charge is 0.465 e. The first kappa shape index (κ1) is 33.1. The number of carbonyl (C=O) groups is 3. The Morgan fingerprint density at radius 3 is 1.77 bits per heavy atom. The summed E-state index contributed by atoms with van der Waals surface area (Å²) >= 11 is 0. The van der Waals surface area contributed by atoms with Gasteiger partial charge in [-0.1, -0.05) is 12.1 Å². The van der Waals surface area contributed by atoms with Crippen LogP contribution in [-0.4, -0.2) is 51.6 Å². The molecule has 0 spiro atoms. The van der Waals surface area contributed by atoms with Crippen LogP contribution in [0.2, 0.25) is 0 Å². The normalized spacial score (nSPS) is 10.7. The van der Waals surface area contributed by atoms with Gasteiger partial charge in [0.2, 0.25) is 0 Å². The minimum absolute atomic E-state index is 0.0906. The number of nitrogens with zero attached hydrogens (tertiary/aromatic N) is 6. The third-order valence-electron chi connectivity index (χ3n) is 5.99. The number of hydrogen-bond acceptors (Lipinski definition) is 11. The molecule has 43 heavy (non-hydrogen) atoms. The average Bonchev–Trinajstić information content (AvgIpc) is 3.03. The molecule has 2 rings (SSSR count). The van der Waals surface area contributed by atoms with Crippen LogP contribution in [0.4, 0.5) is 16.2 Å². The zero-order valence-electron chi connectivity index (χ0n) is 24.1. The maximum Gasteiger partial charge on any atom is 0.416 e. The number of carbonyl (C=O) groups excluding carboxylic acids is 3. The maximum absolute atomic E-state index is 13.1. The molecule has 1 amide bonds. The van der Waals surface area contributed by atoms with Crippen LogP contribution in [0.15, 0.2) is 47.5 Å². The molecule has 0 aliphatic carbocycles. The fourth-order valence-corrected chi connectivity index (χ4v) is 3.78. The summed E-state index contributed by atoms with van der Waals surface area (Å²) in [4.78, 5) is 39.8. The number of esters is 2. The summed E-state index contributed by atoms with van der Waals surface area (Å²) in [5.41, 5.74) is 1.35. The number of ether oxygens (including phenoxy) is 3. The molecule has 0 atom stereocenters. The first-order valence-corrected chi connectivity index (χ1v) is 13.0. The number of benzene rings is 2. The molecule has 0 bridgehead atoms. The number of nitriles is 4. The Kier molecular flexibility index (Phi) is 12.5. The summed E-state index contributed by atoms with van der Waals surface area (Å²) in [6, 6.07) is 16.8. The second-order valence-electron chi connectivity index (χ2n) is 8.46. The predicted molar refractivity (Wildman–Crippen MR) is 156 cm³/mol. The van der Waals surface area contributed by atoms with Gasteiger partial charge in [0.15, 0.2) is 6.73 Å². The van der Waals surface area contributed by atoms with E-state index in [9.17, 15) is 35.4 Å². The highest BCUT2D eigenvalue weighted by Crippen LogP contribution is 2.24. The van der Waals surface area contributed by atoms with E-state index >= 15 is 0 Å². The molecular formula is C31H28N6O6. The van der Waals surface area contributed by atoms with E-state index in [1.807, 2.05) is 19.1 Å². The molecule has 12 heteroatoms. The molecule has 0 heterocycles. The number of anilines is 2. The standard InChI is InChI=1S/C31H28N6O6/c1-5-36(27-10-8-21(23(14-27)16-32)12-25(18-34)29(38)41-4)20-43-31(40)37(6-2)28-11-9-22(24(15-28)17-33)13-26(19-35)30(39)42-7-3/h8-15H,5-7,20H2,1-4H3. The Morgan fingerprint density at radius 1 is 0.767 bits per heavy atom. The van der Waals surface area contributed by atoms with Crippen molar-refractivity contribution in [3.8, 4) is 24.3 Å². The van der Waals surface area contributed by atoms with Gasteiger partial charge in [0.05, 0.1) is 37.0 Å². The molecule has 0 aromatic heterocycles. The van der Waals surface area contributed by atoms with Crippen LogP contribution in [0.25, 0.3) is 12.2 Å². The molecule has 0 radical (unpaired) electrons. The summed E-state index contributed by atoms with van der Waals surface area (Å²) in [6.45, 7) is 5.70. The second-order valence-corrected chi connectivity index (χ2v) is 8.46. The van der Waals surface area contributed by atoms with Crippen molar-refractivity contribution >= 4 is 41.6 Å². The third-order valence-corrected chi connectivity index (χ3v) is 5.99. The molecule has 0 saturated carbocycles. The van der Waals surface area contributed by atoms with Gasteiger partial charge < -0.3 is 19.1 Å². The zero-order chi connectivity index (χ0) is 31.9. The molecule has 12 nitrogen and oxygen atoms in total. The van der Waals surface area contributed by atoms with Crippen molar-refractivity contribution in [1.29, 1.82) is 21.0 Å². The van der Waals surface area contributed by atoms with Gasteiger partial charge in [-0.2, -0.15) is 21.0 Å². The van der Waals surface area contributed by atoms with Gasteiger partial charge in [-0.3, -0.25) is 4.90 Å². The Morgan fingerprint density at radius 2 is 1.30 bits per heavy atom.